The van der Waals surface area contributed by atoms with Gasteiger partial charge in [-0.05, 0) is 34.1 Å². The molecule has 0 bridgehead atoms. The summed E-state index contributed by atoms with van der Waals surface area (Å²) in [6.07, 6.45) is -5.31. The third-order valence-electron chi connectivity index (χ3n) is 1.89. The molecule has 0 saturated heterocycles. The van der Waals surface area contributed by atoms with Crippen LogP contribution in [0, 0.1) is 0 Å². The van der Waals surface area contributed by atoms with Gasteiger partial charge in [-0.3, -0.25) is 4.79 Å². The van der Waals surface area contributed by atoms with E-state index in [4.69, 9.17) is 0 Å². The average molecular weight is 328 g/mol. The van der Waals surface area contributed by atoms with Gasteiger partial charge in [0.05, 0.1) is 12.0 Å². The number of hydrogen-bond donors (Lipinski definition) is 2. The number of thiol groups is 1. The van der Waals surface area contributed by atoms with E-state index in [1.165, 1.54) is 6.07 Å². The number of rotatable bonds is 3. The van der Waals surface area contributed by atoms with Gasteiger partial charge in [0.2, 0.25) is 0 Å². The number of carbonyl (C=O) groups excluding carboxylic acids is 1. The Bertz CT molecular complexity index is 423. The van der Waals surface area contributed by atoms with E-state index in [2.05, 4.69) is 33.9 Å². The van der Waals surface area contributed by atoms with Crippen molar-refractivity contribution < 1.29 is 18.0 Å². The van der Waals surface area contributed by atoms with Gasteiger partial charge < -0.3 is 5.32 Å². The third kappa shape index (κ3) is 4.99. The number of hydrogen-bond acceptors (Lipinski definition) is 2. The second-order valence-corrected chi connectivity index (χ2v) is 4.66. The summed E-state index contributed by atoms with van der Waals surface area (Å²) in [5, 5.41) is 2.20. The zero-order chi connectivity index (χ0) is 13.1. The third-order valence-corrected chi connectivity index (χ3v) is 2.86. The smallest absolute Gasteiger partial charge is 0.352 e. The highest BCUT2D eigenvalue weighted by molar-refractivity contribution is 9.10. The molecule has 0 heterocycles. The molecule has 0 fully saturated rings. The van der Waals surface area contributed by atoms with Crippen LogP contribution in [-0.2, 0) is 0 Å². The number of amides is 1. The maximum atomic E-state index is 11.9. The van der Waals surface area contributed by atoms with Gasteiger partial charge in [-0.15, -0.1) is 12.6 Å². The molecular weight excluding hydrogens is 319 g/mol. The minimum atomic E-state index is -4.27. The maximum absolute atomic E-state index is 11.9. The molecule has 0 saturated carbocycles. The minimum Gasteiger partial charge on any atom is -0.352 e. The largest absolute Gasteiger partial charge is 0.390 e. The summed E-state index contributed by atoms with van der Waals surface area (Å²) < 4.78 is 36.2. The Morgan fingerprint density at radius 3 is 2.65 bits per heavy atom. The zero-order valence-corrected chi connectivity index (χ0v) is 11.0. The van der Waals surface area contributed by atoms with Crippen LogP contribution in [0.25, 0.3) is 0 Å². The molecule has 0 aliphatic heterocycles. The fraction of sp³-hybridized carbons (Fsp3) is 0.300. The van der Waals surface area contributed by atoms with Crippen LogP contribution in [-0.4, -0.2) is 18.6 Å². The number of nitrogens with one attached hydrogen (secondary N) is 1. The molecule has 1 amide bonds. The van der Waals surface area contributed by atoms with Crippen molar-refractivity contribution in [2.45, 2.75) is 17.5 Å². The van der Waals surface area contributed by atoms with Crippen LogP contribution in [0.4, 0.5) is 13.2 Å². The highest BCUT2D eigenvalue weighted by Gasteiger charge is 2.26. The van der Waals surface area contributed by atoms with Crippen LogP contribution in [0.2, 0.25) is 0 Å². The predicted molar refractivity (Wildman–Crippen MR) is 64.4 cm³/mol. The summed E-state index contributed by atoms with van der Waals surface area (Å²) in [7, 11) is 0. The van der Waals surface area contributed by atoms with Crippen molar-refractivity contribution in [2.24, 2.45) is 0 Å². The molecule has 0 radical (unpaired) electrons. The lowest BCUT2D eigenvalue weighted by Gasteiger charge is -2.09. The molecule has 1 N–H and O–H groups in total. The van der Waals surface area contributed by atoms with Gasteiger partial charge in [0.15, 0.2) is 0 Å². The molecule has 94 valence electrons. The van der Waals surface area contributed by atoms with Gasteiger partial charge in [-0.1, -0.05) is 0 Å². The molecule has 17 heavy (non-hydrogen) atoms. The van der Waals surface area contributed by atoms with Crippen molar-refractivity contribution >= 4 is 34.5 Å². The number of benzene rings is 1. The van der Waals surface area contributed by atoms with Crippen molar-refractivity contribution in [3.8, 4) is 0 Å². The molecule has 0 aromatic heterocycles. The van der Waals surface area contributed by atoms with Crippen molar-refractivity contribution in [1.82, 2.24) is 5.32 Å². The highest BCUT2D eigenvalue weighted by atomic mass is 79.9. The monoisotopic (exact) mass is 327 g/mol. The summed E-state index contributed by atoms with van der Waals surface area (Å²) in [5.41, 5.74) is 0.264. The quantitative estimate of drug-likeness (QED) is 0.818. The standard InChI is InChI=1S/C10H9BrF3NOS/c11-8-2-1-6(17)5-7(8)9(16)15-4-3-10(12,13)14/h1-2,5,17H,3-4H2,(H,15,16). The molecule has 1 rings (SSSR count). The van der Waals surface area contributed by atoms with Gasteiger partial charge in [0, 0.05) is 15.9 Å². The topological polar surface area (TPSA) is 29.1 Å². The SMILES string of the molecule is O=C(NCCC(F)(F)F)c1cc(S)ccc1Br. The van der Waals surface area contributed by atoms with E-state index >= 15 is 0 Å². The summed E-state index contributed by atoms with van der Waals surface area (Å²) in [6, 6.07) is 4.76. The molecule has 0 aliphatic carbocycles. The summed E-state index contributed by atoms with van der Waals surface area (Å²) >= 11 is 7.20. The predicted octanol–water partition coefficient (Wildman–Crippen LogP) is 3.42. The first-order valence-electron chi connectivity index (χ1n) is 4.63. The van der Waals surface area contributed by atoms with Gasteiger partial charge in [0.1, 0.15) is 0 Å². The second-order valence-electron chi connectivity index (χ2n) is 3.29. The van der Waals surface area contributed by atoms with Gasteiger partial charge in [-0.25, -0.2) is 0 Å². The Morgan fingerprint density at radius 1 is 1.41 bits per heavy atom. The van der Waals surface area contributed by atoms with E-state index in [0.717, 1.165) is 0 Å². The van der Waals surface area contributed by atoms with Crippen molar-refractivity contribution in [2.75, 3.05) is 6.54 Å². The van der Waals surface area contributed by atoms with Crippen molar-refractivity contribution in [3.63, 3.8) is 0 Å². The normalized spacial score (nSPS) is 11.4. The van der Waals surface area contributed by atoms with Gasteiger partial charge in [0.25, 0.3) is 5.91 Å². The fourth-order valence-corrected chi connectivity index (χ4v) is 1.73. The first-order valence-corrected chi connectivity index (χ1v) is 5.87. The molecule has 0 unspecified atom stereocenters. The van der Waals surface area contributed by atoms with E-state index in [1.54, 1.807) is 12.1 Å². The molecule has 0 spiro atoms. The molecule has 0 atom stereocenters. The van der Waals surface area contributed by atoms with Gasteiger partial charge >= 0.3 is 6.18 Å². The minimum absolute atomic E-state index is 0.264. The van der Waals surface area contributed by atoms with Crippen LogP contribution in [0.5, 0.6) is 0 Å². The van der Waals surface area contributed by atoms with Crippen molar-refractivity contribution in [3.05, 3.63) is 28.2 Å². The molecule has 1 aromatic rings. The molecule has 1 aromatic carbocycles. The Labute approximate surface area is 110 Å². The average Bonchev–Trinajstić information content (AvgIpc) is 2.19. The molecule has 7 heteroatoms. The van der Waals surface area contributed by atoms with E-state index in [9.17, 15) is 18.0 Å². The van der Waals surface area contributed by atoms with E-state index < -0.39 is 25.0 Å². The van der Waals surface area contributed by atoms with E-state index in [0.29, 0.717) is 9.37 Å². The van der Waals surface area contributed by atoms with Crippen LogP contribution < -0.4 is 5.32 Å². The number of halogens is 4. The molecule has 0 aliphatic rings. The lowest BCUT2D eigenvalue weighted by atomic mass is 10.2. The molecular formula is C10H9BrF3NOS. The van der Waals surface area contributed by atoms with Crippen LogP contribution in [0.15, 0.2) is 27.6 Å². The highest BCUT2D eigenvalue weighted by Crippen LogP contribution is 2.21. The second kappa shape index (κ2) is 5.77. The Balaban J connectivity index is 2.61. The van der Waals surface area contributed by atoms with E-state index in [-0.39, 0.29) is 5.56 Å². The first-order chi connectivity index (χ1) is 7.79. The Kier molecular flexibility index (Phi) is 4.88. The van der Waals surface area contributed by atoms with Crippen LogP contribution in [0.1, 0.15) is 16.8 Å². The lowest BCUT2D eigenvalue weighted by molar-refractivity contribution is -0.132. The number of carbonyl (C=O) groups is 1. The van der Waals surface area contributed by atoms with Gasteiger partial charge in [-0.2, -0.15) is 13.2 Å². The summed E-state index contributed by atoms with van der Waals surface area (Å²) in [5.74, 6) is -0.558. The fourth-order valence-electron chi connectivity index (χ4n) is 1.10. The Hall–Kier alpha value is -0.690. The summed E-state index contributed by atoms with van der Waals surface area (Å²) in [4.78, 5) is 12.1. The lowest BCUT2D eigenvalue weighted by Crippen LogP contribution is -2.28. The first kappa shape index (κ1) is 14.4. The van der Waals surface area contributed by atoms with Crippen LogP contribution >= 0.6 is 28.6 Å². The maximum Gasteiger partial charge on any atom is 0.390 e. The summed E-state index contributed by atoms with van der Waals surface area (Å²) in [6.45, 7) is -0.439. The van der Waals surface area contributed by atoms with Crippen molar-refractivity contribution in [1.29, 1.82) is 0 Å². The van der Waals surface area contributed by atoms with Crippen LogP contribution in [0.3, 0.4) is 0 Å². The number of alkyl halides is 3. The van der Waals surface area contributed by atoms with E-state index in [1.807, 2.05) is 0 Å². The zero-order valence-electron chi connectivity index (χ0n) is 8.51. The molecule has 2 nitrogen and oxygen atoms in total. The Morgan fingerprint density at radius 2 is 2.06 bits per heavy atom.